The summed E-state index contributed by atoms with van der Waals surface area (Å²) in [7, 11) is 2.27. The van der Waals surface area contributed by atoms with E-state index in [4.69, 9.17) is 4.52 Å². The first-order chi connectivity index (χ1) is 6.40. The van der Waals surface area contributed by atoms with Crippen molar-refractivity contribution in [2.75, 3.05) is 6.61 Å². The van der Waals surface area contributed by atoms with Crippen LogP contribution in [0.4, 0.5) is 0 Å². The first-order valence-corrected chi connectivity index (χ1v) is 4.80. The van der Waals surface area contributed by atoms with E-state index in [0.717, 1.165) is 6.42 Å². The van der Waals surface area contributed by atoms with Crippen molar-refractivity contribution in [3.63, 3.8) is 0 Å². The number of hydrogen-bond acceptors (Lipinski definition) is 2. The zero-order valence-electron chi connectivity index (χ0n) is 7.31. The molecule has 0 radical (unpaired) electrons. The molecule has 0 saturated carbocycles. The van der Waals surface area contributed by atoms with E-state index in [1.54, 1.807) is 0 Å². The van der Waals surface area contributed by atoms with E-state index in [0.29, 0.717) is 6.61 Å². The van der Waals surface area contributed by atoms with Crippen LogP contribution in [0.5, 0.6) is 0 Å². The molecule has 1 aliphatic heterocycles. The minimum Gasteiger partial charge on any atom is -0.363 e. The van der Waals surface area contributed by atoms with E-state index in [1.165, 1.54) is 11.1 Å². The molecule has 0 N–H and O–H groups in total. The maximum Gasteiger partial charge on any atom is 0.0776 e. The summed E-state index contributed by atoms with van der Waals surface area (Å²) in [4.78, 5) is 4.40. The number of aliphatic imine (C=N–C) groups is 1. The summed E-state index contributed by atoms with van der Waals surface area (Å²) >= 11 is 0. The van der Waals surface area contributed by atoms with Gasteiger partial charge in [-0.05, 0) is 17.5 Å². The molecule has 0 amide bonds. The Labute approximate surface area is 80.3 Å². The van der Waals surface area contributed by atoms with Gasteiger partial charge in [0.25, 0.3) is 0 Å². The van der Waals surface area contributed by atoms with E-state index >= 15 is 0 Å². The lowest BCUT2D eigenvalue weighted by molar-refractivity contribution is 0.333. The largest absolute Gasteiger partial charge is 0.363 e. The molecule has 2 nitrogen and oxygen atoms in total. The summed E-state index contributed by atoms with van der Waals surface area (Å²) in [6.45, 7) is 0.676. The van der Waals surface area contributed by atoms with Crippen LogP contribution in [0.25, 0.3) is 0 Å². The third kappa shape index (κ3) is 1.96. The Balaban J connectivity index is 2.19. The molecular formula is C10H12NOP. The van der Waals surface area contributed by atoms with Gasteiger partial charge in [0.1, 0.15) is 0 Å². The Hall–Kier alpha value is -0.720. The van der Waals surface area contributed by atoms with Crippen LogP contribution in [0, 0.1) is 0 Å². The van der Waals surface area contributed by atoms with Crippen LogP contribution in [0.15, 0.2) is 29.3 Å². The molecule has 0 fully saturated rings. The fourth-order valence-electron chi connectivity index (χ4n) is 1.55. The van der Waals surface area contributed by atoms with Gasteiger partial charge >= 0.3 is 0 Å². The molecular weight excluding hydrogens is 181 g/mol. The zero-order chi connectivity index (χ0) is 9.10. The van der Waals surface area contributed by atoms with Gasteiger partial charge in [0.2, 0.25) is 0 Å². The molecule has 1 heterocycles. The van der Waals surface area contributed by atoms with E-state index in [1.807, 2.05) is 12.3 Å². The molecule has 1 aliphatic rings. The van der Waals surface area contributed by atoms with Crippen LogP contribution >= 0.6 is 9.47 Å². The topological polar surface area (TPSA) is 21.6 Å². The van der Waals surface area contributed by atoms with Gasteiger partial charge in [-0.15, -0.1) is 0 Å². The third-order valence-electron chi connectivity index (χ3n) is 2.22. The molecule has 0 saturated heterocycles. The quantitative estimate of drug-likeness (QED) is 0.657. The Morgan fingerprint density at radius 3 is 3.15 bits per heavy atom. The summed E-state index contributed by atoms with van der Waals surface area (Å²) in [6, 6.07) is 8.63. The average Bonchev–Trinajstić information content (AvgIpc) is 2.18. The summed E-state index contributed by atoms with van der Waals surface area (Å²) < 4.78 is 5.00. The number of benzene rings is 1. The van der Waals surface area contributed by atoms with Gasteiger partial charge in [-0.3, -0.25) is 4.99 Å². The van der Waals surface area contributed by atoms with E-state index in [9.17, 15) is 0 Å². The van der Waals surface area contributed by atoms with Crippen LogP contribution < -0.4 is 0 Å². The van der Waals surface area contributed by atoms with Crippen molar-refractivity contribution in [2.24, 2.45) is 4.99 Å². The Bertz CT molecular complexity index is 324. The number of nitrogens with zero attached hydrogens (tertiary/aromatic N) is 1. The lowest BCUT2D eigenvalue weighted by Crippen LogP contribution is -2.19. The van der Waals surface area contributed by atoms with E-state index in [-0.39, 0.29) is 6.04 Å². The molecule has 0 spiro atoms. The first kappa shape index (κ1) is 8.86. The highest BCUT2D eigenvalue weighted by Gasteiger charge is 2.13. The van der Waals surface area contributed by atoms with Crippen LogP contribution in [0.1, 0.15) is 11.1 Å². The number of hydrogen-bond donors (Lipinski definition) is 0. The van der Waals surface area contributed by atoms with Gasteiger partial charge in [-0.25, -0.2) is 0 Å². The normalized spacial score (nSPS) is 19.9. The Morgan fingerprint density at radius 2 is 2.31 bits per heavy atom. The minimum absolute atomic E-state index is 0.285. The summed E-state index contributed by atoms with van der Waals surface area (Å²) in [5.74, 6) is 0. The van der Waals surface area contributed by atoms with Crippen molar-refractivity contribution in [1.29, 1.82) is 0 Å². The smallest absolute Gasteiger partial charge is 0.0776 e. The predicted octanol–water partition coefficient (Wildman–Crippen LogP) is 1.84. The van der Waals surface area contributed by atoms with Crippen molar-refractivity contribution >= 4 is 15.7 Å². The molecule has 3 heteroatoms. The third-order valence-corrected chi connectivity index (χ3v) is 2.42. The Morgan fingerprint density at radius 1 is 1.46 bits per heavy atom. The summed E-state index contributed by atoms with van der Waals surface area (Å²) in [5.41, 5.74) is 2.60. The molecule has 0 bridgehead atoms. The lowest BCUT2D eigenvalue weighted by atomic mass is 9.99. The fraction of sp³-hybridized carbons (Fsp3) is 0.300. The molecule has 0 aliphatic carbocycles. The molecule has 2 unspecified atom stereocenters. The van der Waals surface area contributed by atoms with Crippen molar-refractivity contribution in [1.82, 2.24) is 0 Å². The van der Waals surface area contributed by atoms with Crippen LogP contribution in [-0.2, 0) is 10.9 Å². The summed E-state index contributed by atoms with van der Waals surface area (Å²) in [5, 5.41) is 0. The second kappa shape index (κ2) is 3.99. The van der Waals surface area contributed by atoms with Crippen LogP contribution in [0.2, 0.25) is 0 Å². The van der Waals surface area contributed by atoms with Gasteiger partial charge in [0, 0.05) is 15.7 Å². The van der Waals surface area contributed by atoms with Crippen LogP contribution in [-0.4, -0.2) is 18.9 Å². The lowest BCUT2D eigenvalue weighted by Gasteiger charge is -2.17. The molecule has 0 aromatic heterocycles. The number of rotatable bonds is 2. The molecule has 68 valence electrons. The van der Waals surface area contributed by atoms with Crippen molar-refractivity contribution < 1.29 is 4.52 Å². The molecule has 13 heavy (non-hydrogen) atoms. The molecule has 2 rings (SSSR count). The monoisotopic (exact) mass is 193 g/mol. The van der Waals surface area contributed by atoms with Crippen LogP contribution in [0.3, 0.4) is 0 Å². The van der Waals surface area contributed by atoms with Gasteiger partial charge < -0.3 is 4.52 Å². The highest BCUT2D eigenvalue weighted by molar-refractivity contribution is 7.09. The minimum atomic E-state index is 0.285. The van der Waals surface area contributed by atoms with Gasteiger partial charge in [-0.1, -0.05) is 24.3 Å². The second-order valence-corrected chi connectivity index (χ2v) is 3.50. The number of fused-ring (bicyclic) bond motifs is 1. The van der Waals surface area contributed by atoms with Gasteiger partial charge in [0.05, 0.1) is 12.6 Å². The molecule has 2 atom stereocenters. The molecule has 1 aromatic carbocycles. The fourth-order valence-corrected chi connectivity index (χ4v) is 1.77. The van der Waals surface area contributed by atoms with Gasteiger partial charge in [0.15, 0.2) is 0 Å². The maximum atomic E-state index is 5.00. The zero-order valence-corrected chi connectivity index (χ0v) is 8.47. The van der Waals surface area contributed by atoms with Crippen molar-refractivity contribution in [3.8, 4) is 0 Å². The molecule has 1 aromatic rings. The highest BCUT2D eigenvalue weighted by atomic mass is 31.0. The standard InChI is InChI=1S/C10H12NOP/c13-12-7-10-5-8-3-1-2-4-9(8)6-11-10/h1-4,6,10H,5,7,13H2. The first-order valence-electron chi connectivity index (χ1n) is 4.33. The summed E-state index contributed by atoms with van der Waals surface area (Å²) in [6.07, 6.45) is 2.92. The van der Waals surface area contributed by atoms with E-state index in [2.05, 4.69) is 32.7 Å². The SMILES string of the molecule is POCC1Cc2ccccc2C=N1. The maximum absolute atomic E-state index is 5.00. The van der Waals surface area contributed by atoms with Crippen molar-refractivity contribution in [2.45, 2.75) is 12.5 Å². The predicted molar refractivity (Wildman–Crippen MR) is 57.2 cm³/mol. The van der Waals surface area contributed by atoms with Crippen molar-refractivity contribution in [3.05, 3.63) is 35.4 Å². The second-order valence-electron chi connectivity index (χ2n) is 3.17. The van der Waals surface area contributed by atoms with E-state index < -0.39 is 0 Å². The van der Waals surface area contributed by atoms with Gasteiger partial charge in [-0.2, -0.15) is 0 Å². The average molecular weight is 193 g/mol. The highest BCUT2D eigenvalue weighted by Crippen LogP contribution is 2.16. The Kier molecular flexibility index (Phi) is 2.72.